The fourth-order valence-electron chi connectivity index (χ4n) is 0.597. The van der Waals surface area contributed by atoms with Gasteiger partial charge < -0.3 is 0 Å². The second-order valence-corrected chi connectivity index (χ2v) is 3.03. The Morgan fingerprint density at radius 2 is 2.60 bits per heavy atom. The molecule has 2 nitrogen and oxygen atoms in total. The molecule has 0 amide bonds. The molecule has 0 aliphatic rings. The predicted molar refractivity (Wildman–Crippen MR) is 34.4 cm³/mol. The van der Waals surface area contributed by atoms with Crippen LogP contribution in [0.4, 0.5) is 0 Å². The average molecular weight is 308 g/mol. The van der Waals surface area contributed by atoms with Crippen molar-refractivity contribution < 1.29 is 28.5 Å². The van der Waals surface area contributed by atoms with E-state index in [0.717, 1.165) is 9.84 Å². The molecule has 1 aromatic heterocycles. The summed E-state index contributed by atoms with van der Waals surface area (Å²) in [6.45, 7) is 2.67. The Kier molecular flexibility index (Phi) is 3.04. The van der Waals surface area contributed by atoms with Crippen LogP contribution in [0.2, 0.25) is 0 Å². The summed E-state index contributed by atoms with van der Waals surface area (Å²) in [4.78, 5) is 0. The molecule has 1 rings (SSSR count). The third-order valence-corrected chi connectivity index (χ3v) is 2.14. The number of rotatable bonds is 3. The van der Waals surface area contributed by atoms with Crippen LogP contribution in [0.1, 0.15) is 12.7 Å². The maximum absolute atomic E-state index is 5.25. The minimum atomic E-state index is 0.708. The van der Waals surface area contributed by atoms with Crippen LogP contribution in [0, 0.1) is 0 Å². The van der Waals surface area contributed by atoms with Gasteiger partial charge in [0.2, 0.25) is 0 Å². The van der Waals surface area contributed by atoms with E-state index in [1.54, 1.807) is 6.26 Å². The van der Waals surface area contributed by atoms with Crippen molar-refractivity contribution in [2.24, 2.45) is 0 Å². The molecule has 0 atom stereocenters. The van der Waals surface area contributed by atoms with Crippen molar-refractivity contribution in [1.29, 1.82) is 0 Å². The zero-order valence-electron chi connectivity index (χ0n) is 5.66. The molecule has 0 aliphatic heterocycles. The van der Waals surface area contributed by atoms with E-state index in [2.05, 4.69) is 0 Å². The molecule has 54 valence electrons. The minimum absolute atomic E-state index is 0.708. The summed E-state index contributed by atoms with van der Waals surface area (Å²) in [5.74, 6) is 0.844. The third-order valence-electron chi connectivity index (χ3n) is 0.998. The molecule has 3 heteroatoms. The van der Waals surface area contributed by atoms with E-state index in [0.29, 0.717) is 6.61 Å². The van der Waals surface area contributed by atoms with Crippen molar-refractivity contribution in [3.63, 3.8) is 0 Å². The van der Waals surface area contributed by atoms with Crippen molar-refractivity contribution in [3.8, 4) is 0 Å². The monoisotopic (exact) mass is 308 g/mol. The first-order valence-corrected chi connectivity index (χ1v) is 4.52. The maximum atomic E-state index is 5.25. The molecule has 0 bridgehead atoms. The van der Waals surface area contributed by atoms with Crippen LogP contribution in [-0.4, -0.2) is 10.7 Å². The molecule has 0 aromatic carbocycles. The quantitative estimate of drug-likeness (QED) is 0.841. The van der Waals surface area contributed by atoms with Crippen LogP contribution in [0.3, 0.4) is 0 Å². The molecule has 1 heterocycles. The number of hydrogen-bond acceptors (Lipinski definition) is 2. The van der Waals surface area contributed by atoms with E-state index < -0.39 is 0 Å². The molecular weight excluding hydrogens is 300 g/mol. The van der Waals surface area contributed by atoms with Crippen LogP contribution in [0.25, 0.3) is 0 Å². The van der Waals surface area contributed by atoms with Gasteiger partial charge in [-0.3, -0.25) is 0 Å². The van der Waals surface area contributed by atoms with Gasteiger partial charge in [0.25, 0.3) is 0 Å². The van der Waals surface area contributed by atoms with Gasteiger partial charge in [0.1, 0.15) is 0 Å². The standard InChI is InChI=1S/C7H8O2.W/c1-2-8-6-7-4-3-5-9-7;/h3-5H,2H2,1H3;. The molecule has 0 saturated carbocycles. The van der Waals surface area contributed by atoms with E-state index in [9.17, 15) is 0 Å². The van der Waals surface area contributed by atoms with Crippen LogP contribution >= 0.6 is 0 Å². The van der Waals surface area contributed by atoms with Gasteiger partial charge in [-0.15, -0.1) is 0 Å². The summed E-state index contributed by atoms with van der Waals surface area (Å²) < 4.78 is 11.3. The molecule has 0 unspecified atom stereocenters. The molecule has 0 radical (unpaired) electrons. The molecule has 0 fully saturated rings. The Balaban J connectivity index is 2.59. The van der Waals surface area contributed by atoms with Gasteiger partial charge in [-0.05, 0) is 0 Å². The Morgan fingerprint density at radius 1 is 1.80 bits per heavy atom. The van der Waals surface area contributed by atoms with E-state index >= 15 is 0 Å². The second-order valence-electron chi connectivity index (χ2n) is 1.70. The van der Waals surface area contributed by atoms with Gasteiger partial charge in [-0.2, -0.15) is 0 Å². The SMILES string of the molecule is CCO[C](=[W])c1ccco1. The van der Waals surface area contributed by atoms with Crippen molar-refractivity contribution in [1.82, 2.24) is 0 Å². The summed E-state index contributed by atoms with van der Waals surface area (Å²) in [6, 6.07) is 3.76. The Hall–Kier alpha value is -0.202. The Labute approximate surface area is 70.6 Å². The average Bonchev–Trinajstić information content (AvgIpc) is 2.38. The first kappa shape index (κ1) is 7.90. The molecule has 0 spiro atoms. The van der Waals surface area contributed by atoms with E-state index in [1.165, 1.54) is 19.4 Å². The number of hydrogen-bond donors (Lipinski definition) is 0. The summed E-state index contributed by atoms with van der Waals surface area (Å²) in [5, 5.41) is 0. The van der Waals surface area contributed by atoms with Gasteiger partial charge in [0.05, 0.1) is 0 Å². The van der Waals surface area contributed by atoms with E-state index in [-0.39, 0.29) is 0 Å². The number of furan rings is 1. The van der Waals surface area contributed by atoms with E-state index in [4.69, 9.17) is 9.15 Å². The molecule has 0 N–H and O–H groups in total. The van der Waals surface area contributed by atoms with E-state index in [1.807, 2.05) is 19.1 Å². The zero-order valence-corrected chi connectivity index (χ0v) is 8.60. The molecule has 1 aromatic rings. The van der Waals surface area contributed by atoms with Crippen molar-refractivity contribution >= 4 is 4.08 Å². The van der Waals surface area contributed by atoms with Crippen LogP contribution in [0.5, 0.6) is 0 Å². The predicted octanol–water partition coefficient (Wildman–Crippen LogP) is 1.34. The first-order valence-electron chi connectivity index (χ1n) is 3.05. The first-order chi connectivity index (χ1) is 4.84. The summed E-state index contributed by atoms with van der Waals surface area (Å²) in [7, 11) is 0. The fourth-order valence-corrected chi connectivity index (χ4v) is 1.44. The van der Waals surface area contributed by atoms with Crippen LogP contribution in [-0.2, 0) is 24.1 Å². The third kappa shape index (κ3) is 1.89. The summed E-state index contributed by atoms with van der Waals surface area (Å²) >= 11 is 1.30. The van der Waals surface area contributed by atoms with Crippen molar-refractivity contribution in [2.45, 2.75) is 6.92 Å². The molecule has 0 aliphatic carbocycles. The van der Waals surface area contributed by atoms with Gasteiger partial charge >= 0.3 is 70.3 Å². The topological polar surface area (TPSA) is 22.4 Å². The zero-order chi connectivity index (χ0) is 7.40. The number of ether oxygens (including phenoxy) is 1. The Morgan fingerprint density at radius 3 is 3.10 bits per heavy atom. The normalized spacial score (nSPS) is 9.70. The van der Waals surface area contributed by atoms with Crippen molar-refractivity contribution in [3.05, 3.63) is 24.2 Å². The summed E-state index contributed by atoms with van der Waals surface area (Å²) in [6.07, 6.45) is 1.65. The fraction of sp³-hybridized carbons (Fsp3) is 0.286. The molecular formula is C7H8O2W. The second kappa shape index (κ2) is 3.84. The summed E-state index contributed by atoms with van der Waals surface area (Å²) in [5.41, 5.74) is 0. The van der Waals surface area contributed by atoms with Gasteiger partial charge in [0.15, 0.2) is 0 Å². The Bertz CT molecular complexity index is 203. The van der Waals surface area contributed by atoms with Crippen LogP contribution in [0.15, 0.2) is 22.8 Å². The van der Waals surface area contributed by atoms with Gasteiger partial charge in [-0.25, -0.2) is 0 Å². The van der Waals surface area contributed by atoms with Gasteiger partial charge in [0, 0.05) is 0 Å². The van der Waals surface area contributed by atoms with Crippen LogP contribution < -0.4 is 0 Å². The molecule has 10 heavy (non-hydrogen) atoms. The van der Waals surface area contributed by atoms with Gasteiger partial charge in [-0.1, -0.05) is 0 Å². The van der Waals surface area contributed by atoms with Crippen molar-refractivity contribution in [2.75, 3.05) is 6.61 Å². The molecule has 0 saturated heterocycles.